The first-order valence-corrected chi connectivity index (χ1v) is 3.93. The fraction of sp³-hybridized carbons (Fsp3) is 0.600. The Hall–Kier alpha value is -0.130. The van der Waals surface area contributed by atoms with E-state index in [9.17, 15) is 0 Å². The topological polar surface area (TPSA) is 38.9 Å². The number of halogens is 1. The molecule has 0 aromatic carbocycles. The Morgan fingerprint density at radius 1 is 1.56 bits per heavy atom. The molecule has 1 aromatic rings. The second kappa shape index (κ2) is 1.93. The van der Waals surface area contributed by atoms with Crippen molar-refractivity contribution in [1.82, 2.24) is 10.1 Å². The second-order valence-corrected chi connectivity index (χ2v) is 3.10. The smallest absolute Gasteiger partial charge is 0.287 e. The van der Waals surface area contributed by atoms with Crippen LogP contribution in [0.15, 0.2) is 4.52 Å². The average Bonchev–Trinajstić information content (AvgIpc) is 2.58. The minimum atomic E-state index is 0.609. The molecule has 0 aliphatic heterocycles. The molecule has 0 N–H and O–H groups in total. The van der Waals surface area contributed by atoms with Crippen molar-refractivity contribution >= 4 is 22.6 Å². The van der Waals surface area contributed by atoms with Crippen LogP contribution < -0.4 is 0 Å². The quantitative estimate of drug-likeness (QED) is 0.694. The van der Waals surface area contributed by atoms with E-state index in [2.05, 4.69) is 10.1 Å². The third-order valence-electron chi connectivity index (χ3n) is 1.36. The SMILES string of the molecule is Ic1nc(C2CC2)no1. The summed E-state index contributed by atoms with van der Waals surface area (Å²) >= 11 is 2.02. The molecule has 0 atom stereocenters. The molecule has 1 heterocycles. The number of hydrogen-bond acceptors (Lipinski definition) is 3. The lowest BCUT2D eigenvalue weighted by molar-refractivity contribution is 0.387. The van der Waals surface area contributed by atoms with E-state index < -0.39 is 0 Å². The largest absolute Gasteiger partial charge is 0.328 e. The van der Waals surface area contributed by atoms with E-state index >= 15 is 0 Å². The highest BCUT2D eigenvalue weighted by atomic mass is 127. The van der Waals surface area contributed by atoms with Crippen LogP contribution in [0.5, 0.6) is 0 Å². The molecule has 48 valence electrons. The van der Waals surface area contributed by atoms with Crippen molar-refractivity contribution in [2.75, 3.05) is 0 Å². The fourth-order valence-corrected chi connectivity index (χ4v) is 1.07. The minimum Gasteiger partial charge on any atom is -0.328 e. The maximum absolute atomic E-state index is 4.79. The van der Waals surface area contributed by atoms with Gasteiger partial charge in [-0.3, -0.25) is 0 Å². The molecule has 3 nitrogen and oxygen atoms in total. The van der Waals surface area contributed by atoms with Gasteiger partial charge in [0, 0.05) is 28.5 Å². The van der Waals surface area contributed by atoms with E-state index in [4.69, 9.17) is 4.52 Å². The van der Waals surface area contributed by atoms with Crippen LogP contribution in [0.3, 0.4) is 0 Å². The molecule has 2 rings (SSSR count). The fourth-order valence-electron chi connectivity index (χ4n) is 0.723. The Morgan fingerprint density at radius 2 is 2.33 bits per heavy atom. The van der Waals surface area contributed by atoms with Crippen molar-refractivity contribution in [3.8, 4) is 0 Å². The summed E-state index contributed by atoms with van der Waals surface area (Å²) < 4.78 is 5.44. The third-order valence-corrected chi connectivity index (χ3v) is 1.80. The summed E-state index contributed by atoms with van der Waals surface area (Å²) in [4.78, 5) is 4.08. The number of aromatic nitrogens is 2. The highest BCUT2D eigenvalue weighted by molar-refractivity contribution is 14.1. The zero-order chi connectivity index (χ0) is 6.27. The maximum Gasteiger partial charge on any atom is 0.287 e. The molecule has 0 saturated heterocycles. The monoisotopic (exact) mass is 236 g/mol. The van der Waals surface area contributed by atoms with Gasteiger partial charge in [-0.15, -0.1) is 0 Å². The molecule has 0 radical (unpaired) electrons. The lowest BCUT2D eigenvalue weighted by Gasteiger charge is -1.76. The molecule has 0 amide bonds. The van der Waals surface area contributed by atoms with E-state index in [-0.39, 0.29) is 0 Å². The molecule has 9 heavy (non-hydrogen) atoms. The van der Waals surface area contributed by atoms with Gasteiger partial charge in [0.05, 0.1) is 0 Å². The molecule has 0 bridgehead atoms. The summed E-state index contributed by atoms with van der Waals surface area (Å²) in [5.41, 5.74) is 0. The predicted octanol–water partition coefficient (Wildman–Crippen LogP) is 1.55. The van der Waals surface area contributed by atoms with Crippen molar-refractivity contribution in [1.29, 1.82) is 0 Å². The van der Waals surface area contributed by atoms with Gasteiger partial charge in [0.1, 0.15) is 0 Å². The summed E-state index contributed by atoms with van der Waals surface area (Å²) in [6.45, 7) is 0. The van der Waals surface area contributed by atoms with E-state index in [1.165, 1.54) is 12.8 Å². The van der Waals surface area contributed by atoms with Crippen molar-refractivity contribution in [3.05, 3.63) is 9.72 Å². The van der Waals surface area contributed by atoms with E-state index in [1.807, 2.05) is 22.6 Å². The summed E-state index contributed by atoms with van der Waals surface area (Å²) in [6.07, 6.45) is 2.46. The van der Waals surface area contributed by atoms with Gasteiger partial charge in [-0.05, 0) is 12.8 Å². The highest BCUT2D eigenvalue weighted by Gasteiger charge is 2.28. The Labute approximate surface area is 66.0 Å². The molecule has 1 aliphatic rings. The first-order valence-electron chi connectivity index (χ1n) is 2.85. The van der Waals surface area contributed by atoms with Crippen LogP contribution >= 0.6 is 22.6 Å². The van der Waals surface area contributed by atoms with Gasteiger partial charge in [0.25, 0.3) is 3.90 Å². The number of rotatable bonds is 1. The molecule has 1 aromatic heterocycles. The summed E-state index contributed by atoms with van der Waals surface area (Å²) in [5.74, 6) is 1.50. The Bertz CT molecular complexity index is 218. The van der Waals surface area contributed by atoms with Crippen molar-refractivity contribution in [2.24, 2.45) is 0 Å². The van der Waals surface area contributed by atoms with Crippen LogP contribution in [0.25, 0.3) is 0 Å². The van der Waals surface area contributed by atoms with Crippen LogP contribution in [0, 0.1) is 3.90 Å². The van der Waals surface area contributed by atoms with E-state index in [0.29, 0.717) is 9.82 Å². The maximum atomic E-state index is 4.79. The Balaban J connectivity index is 2.28. The molecular formula is C5H5IN2O. The van der Waals surface area contributed by atoms with E-state index in [0.717, 1.165) is 5.82 Å². The van der Waals surface area contributed by atoms with E-state index in [1.54, 1.807) is 0 Å². The number of hydrogen-bond donors (Lipinski definition) is 0. The second-order valence-electron chi connectivity index (χ2n) is 2.18. The van der Waals surface area contributed by atoms with Gasteiger partial charge in [0.15, 0.2) is 5.82 Å². The van der Waals surface area contributed by atoms with Gasteiger partial charge in [-0.1, -0.05) is 5.16 Å². The van der Waals surface area contributed by atoms with Gasteiger partial charge < -0.3 is 4.52 Å². The summed E-state index contributed by atoms with van der Waals surface area (Å²) in [7, 11) is 0. The molecule has 1 saturated carbocycles. The predicted molar refractivity (Wildman–Crippen MR) is 39.0 cm³/mol. The lowest BCUT2D eigenvalue weighted by Crippen LogP contribution is -1.80. The summed E-state index contributed by atoms with van der Waals surface area (Å²) in [6, 6.07) is 0. The molecular weight excluding hydrogens is 231 g/mol. The Morgan fingerprint density at radius 3 is 2.78 bits per heavy atom. The van der Waals surface area contributed by atoms with Crippen LogP contribution in [0.2, 0.25) is 0 Å². The van der Waals surface area contributed by atoms with Crippen molar-refractivity contribution < 1.29 is 4.52 Å². The van der Waals surface area contributed by atoms with Gasteiger partial charge in [0.2, 0.25) is 0 Å². The zero-order valence-corrected chi connectivity index (χ0v) is 6.83. The van der Waals surface area contributed by atoms with Gasteiger partial charge in [-0.2, -0.15) is 4.98 Å². The normalized spacial score (nSPS) is 18.3. The average molecular weight is 236 g/mol. The molecule has 1 aliphatic carbocycles. The van der Waals surface area contributed by atoms with Crippen LogP contribution in [0.4, 0.5) is 0 Å². The van der Waals surface area contributed by atoms with Crippen LogP contribution in [0.1, 0.15) is 24.6 Å². The minimum absolute atomic E-state index is 0.609. The third kappa shape index (κ3) is 1.08. The molecule has 1 fully saturated rings. The standard InChI is InChI=1S/C5H5IN2O/c6-5-7-4(8-9-5)3-1-2-3/h3H,1-2H2. The van der Waals surface area contributed by atoms with Gasteiger partial charge in [-0.25, -0.2) is 0 Å². The molecule has 4 heteroatoms. The van der Waals surface area contributed by atoms with Crippen LogP contribution in [-0.4, -0.2) is 10.1 Å². The molecule has 0 unspecified atom stereocenters. The van der Waals surface area contributed by atoms with Gasteiger partial charge >= 0.3 is 0 Å². The summed E-state index contributed by atoms with van der Waals surface area (Å²) in [5, 5.41) is 3.78. The van der Waals surface area contributed by atoms with Crippen LogP contribution in [-0.2, 0) is 0 Å². The first-order chi connectivity index (χ1) is 4.36. The van der Waals surface area contributed by atoms with Crippen molar-refractivity contribution in [2.45, 2.75) is 18.8 Å². The lowest BCUT2D eigenvalue weighted by atomic mass is 10.4. The Kier molecular flexibility index (Phi) is 1.21. The van der Waals surface area contributed by atoms with Crippen molar-refractivity contribution in [3.63, 3.8) is 0 Å². The zero-order valence-electron chi connectivity index (χ0n) is 4.67. The highest BCUT2D eigenvalue weighted by Crippen LogP contribution is 2.38. The number of nitrogens with zero attached hydrogens (tertiary/aromatic N) is 2. The molecule has 0 spiro atoms. The first kappa shape index (κ1) is 5.64.